The summed E-state index contributed by atoms with van der Waals surface area (Å²) >= 11 is 0. The van der Waals surface area contributed by atoms with E-state index in [2.05, 4.69) is 11.8 Å². The van der Waals surface area contributed by atoms with Gasteiger partial charge in [0, 0.05) is 23.5 Å². The topological polar surface area (TPSA) is 63.6 Å². The predicted molar refractivity (Wildman–Crippen MR) is 105 cm³/mol. The van der Waals surface area contributed by atoms with Crippen molar-refractivity contribution in [2.24, 2.45) is 5.41 Å². The van der Waals surface area contributed by atoms with Crippen molar-refractivity contribution in [1.82, 2.24) is 0 Å². The number of carboxylic acid groups (broad SMARTS) is 1. The van der Waals surface area contributed by atoms with Gasteiger partial charge in [-0.3, -0.25) is 4.79 Å². The minimum absolute atomic E-state index is 0.0593. The lowest BCUT2D eigenvalue weighted by molar-refractivity contribution is -0.131. The zero-order chi connectivity index (χ0) is 21.1. The number of ketones is 1. The van der Waals surface area contributed by atoms with Gasteiger partial charge in [0.25, 0.3) is 0 Å². The quantitative estimate of drug-likeness (QED) is 0.621. The Bertz CT molecular complexity index is 910. The maximum atomic E-state index is 13.1. The van der Waals surface area contributed by atoms with Crippen molar-refractivity contribution < 1.29 is 23.8 Å². The van der Waals surface area contributed by atoms with Crippen LogP contribution >= 0.6 is 0 Å². The van der Waals surface area contributed by atoms with Gasteiger partial charge in [-0.1, -0.05) is 25.7 Å². The summed E-state index contributed by atoms with van der Waals surface area (Å²) in [5.41, 5.74) is 1.02. The number of rotatable bonds is 4. The summed E-state index contributed by atoms with van der Waals surface area (Å²) in [6.07, 6.45) is 1.37. The summed E-state index contributed by atoms with van der Waals surface area (Å²) in [7, 11) is 0. The molecule has 4 nitrogen and oxygen atoms in total. The minimum atomic E-state index is -1.03. The molecule has 148 valence electrons. The Morgan fingerprint density at radius 2 is 1.86 bits per heavy atom. The number of ether oxygens (including phenoxy) is 1. The van der Waals surface area contributed by atoms with E-state index in [-0.39, 0.29) is 24.6 Å². The molecule has 0 aliphatic heterocycles. The van der Waals surface area contributed by atoms with Gasteiger partial charge in [0.2, 0.25) is 0 Å². The summed E-state index contributed by atoms with van der Waals surface area (Å²) < 4.78 is 19.2. The highest BCUT2D eigenvalue weighted by molar-refractivity contribution is 6.02. The van der Waals surface area contributed by atoms with Gasteiger partial charge >= 0.3 is 5.97 Å². The molecule has 0 unspecified atom stereocenters. The van der Waals surface area contributed by atoms with E-state index in [4.69, 9.17) is 9.84 Å². The lowest BCUT2D eigenvalue weighted by Gasteiger charge is -2.48. The van der Waals surface area contributed by atoms with Crippen LogP contribution in [0.15, 0.2) is 47.1 Å². The third-order valence-corrected chi connectivity index (χ3v) is 5.40. The number of aliphatic carboxylic acids is 1. The fraction of sp³-hybridized carbons (Fsp3) is 0.391. The fourth-order valence-corrected chi connectivity index (χ4v) is 3.26. The molecule has 0 fully saturated rings. The molecule has 0 amide bonds. The van der Waals surface area contributed by atoms with Crippen molar-refractivity contribution in [2.75, 3.05) is 6.61 Å². The summed E-state index contributed by atoms with van der Waals surface area (Å²) in [5, 5.41) is 8.88. The second-order valence-corrected chi connectivity index (χ2v) is 7.89. The highest BCUT2D eigenvalue weighted by Gasteiger charge is 2.49. The van der Waals surface area contributed by atoms with Crippen LogP contribution in [0.3, 0.4) is 0 Å². The van der Waals surface area contributed by atoms with Crippen LogP contribution < -0.4 is 0 Å². The first-order valence-electron chi connectivity index (χ1n) is 9.02. The number of carbonyl (C=O) groups excluding carboxylic acids is 1. The van der Waals surface area contributed by atoms with E-state index in [0.29, 0.717) is 22.3 Å². The zero-order valence-corrected chi connectivity index (χ0v) is 16.9. The van der Waals surface area contributed by atoms with E-state index in [1.54, 1.807) is 19.1 Å². The number of halogens is 1. The van der Waals surface area contributed by atoms with Crippen molar-refractivity contribution >= 4 is 11.8 Å². The molecule has 0 radical (unpaired) electrons. The van der Waals surface area contributed by atoms with Crippen LogP contribution in [0.4, 0.5) is 4.39 Å². The molecule has 0 aromatic heterocycles. The molecule has 1 aromatic rings. The molecule has 0 spiro atoms. The molecule has 2 rings (SSSR count). The lowest BCUT2D eigenvalue weighted by Crippen LogP contribution is -2.50. The average molecular weight is 384 g/mol. The molecule has 1 aromatic carbocycles. The molecule has 5 heteroatoms. The third-order valence-electron chi connectivity index (χ3n) is 5.40. The highest BCUT2D eigenvalue weighted by Crippen LogP contribution is 2.47. The smallest absolute Gasteiger partial charge is 0.328 e. The first kappa shape index (κ1) is 21.6. The second kappa shape index (κ2) is 8.12. The number of allylic oxidation sites excluding steroid dienone is 1. The van der Waals surface area contributed by atoms with E-state index in [0.717, 1.165) is 6.08 Å². The van der Waals surface area contributed by atoms with Crippen molar-refractivity contribution in [3.63, 3.8) is 0 Å². The number of carboxylic acids is 1. The van der Waals surface area contributed by atoms with Crippen LogP contribution in [0.1, 0.15) is 46.6 Å². The Hall–Kier alpha value is -2.71. The maximum Gasteiger partial charge on any atom is 0.328 e. The number of benzene rings is 1. The Labute approximate surface area is 165 Å². The van der Waals surface area contributed by atoms with Gasteiger partial charge < -0.3 is 9.84 Å². The molecule has 28 heavy (non-hydrogen) atoms. The number of carbonyl (C=O) groups is 2. The average Bonchev–Trinajstić information content (AvgIpc) is 2.59. The van der Waals surface area contributed by atoms with E-state index in [1.807, 2.05) is 27.7 Å². The van der Waals surface area contributed by atoms with Crippen molar-refractivity contribution in [3.8, 4) is 11.8 Å². The van der Waals surface area contributed by atoms with Crippen LogP contribution in [-0.2, 0) is 14.3 Å². The van der Waals surface area contributed by atoms with E-state index < -0.39 is 17.0 Å². The Morgan fingerprint density at radius 1 is 1.25 bits per heavy atom. The largest absolute Gasteiger partial charge is 0.478 e. The SMILES string of the molecule is CC1=C(C#Cc2ccc(F)cc2)C(=O)CC(C)(C)[C@]1(C)OC/C(C)=C\C(=O)O. The lowest BCUT2D eigenvalue weighted by atomic mass is 9.63. The second-order valence-electron chi connectivity index (χ2n) is 7.89. The Kier molecular flexibility index (Phi) is 6.26. The molecule has 0 saturated carbocycles. The molecule has 0 bridgehead atoms. The van der Waals surface area contributed by atoms with E-state index >= 15 is 0 Å². The number of Topliss-reactive ketones (excluding diaryl/α,β-unsaturated/α-hetero) is 1. The minimum Gasteiger partial charge on any atom is -0.478 e. The highest BCUT2D eigenvalue weighted by atomic mass is 19.1. The molecular formula is C23H25FO4. The zero-order valence-electron chi connectivity index (χ0n) is 16.9. The summed E-state index contributed by atoms with van der Waals surface area (Å²) in [6.45, 7) is 9.46. The molecular weight excluding hydrogens is 359 g/mol. The molecule has 0 saturated heterocycles. The summed E-state index contributed by atoms with van der Waals surface area (Å²) in [4.78, 5) is 23.5. The molecule has 1 aliphatic rings. The normalized spacial score (nSPS) is 21.9. The van der Waals surface area contributed by atoms with Gasteiger partial charge in [0.05, 0.1) is 17.8 Å². The van der Waals surface area contributed by atoms with Crippen LogP contribution in [0.5, 0.6) is 0 Å². The van der Waals surface area contributed by atoms with Crippen LogP contribution in [-0.4, -0.2) is 29.1 Å². The van der Waals surface area contributed by atoms with Crippen molar-refractivity contribution in [2.45, 2.75) is 46.6 Å². The Morgan fingerprint density at radius 3 is 2.43 bits per heavy atom. The van der Waals surface area contributed by atoms with Crippen molar-refractivity contribution in [3.05, 3.63) is 58.4 Å². The van der Waals surface area contributed by atoms with Crippen LogP contribution in [0.25, 0.3) is 0 Å². The van der Waals surface area contributed by atoms with Gasteiger partial charge in [-0.05, 0) is 56.2 Å². The van der Waals surface area contributed by atoms with Crippen LogP contribution in [0, 0.1) is 23.1 Å². The van der Waals surface area contributed by atoms with Gasteiger partial charge in [-0.2, -0.15) is 0 Å². The summed E-state index contributed by atoms with van der Waals surface area (Å²) in [6, 6.07) is 5.76. The molecule has 0 heterocycles. The fourth-order valence-electron chi connectivity index (χ4n) is 3.26. The van der Waals surface area contributed by atoms with Crippen LogP contribution in [0.2, 0.25) is 0 Å². The van der Waals surface area contributed by atoms with Gasteiger partial charge in [-0.15, -0.1) is 0 Å². The maximum absolute atomic E-state index is 13.1. The van der Waals surface area contributed by atoms with Crippen molar-refractivity contribution in [1.29, 1.82) is 0 Å². The standard InChI is InChI=1S/C23H25FO4/c1-15(12-21(26)27)14-28-23(5)16(2)19(20(25)13-22(23,3)4)11-8-17-6-9-18(24)10-7-17/h6-7,9-10,12H,13-14H2,1-5H3,(H,26,27)/b15-12-/t23-/m1/s1. The van der Waals surface area contributed by atoms with Gasteiger partial charge in [0.15, 0.2) is 5.78 Å². The first-order valence-corrected chi connectivity index (χ1v) is 9.02. The number of hydrogen-bond donors (Lipinski definition) is 1. The molecule has 1 N–H and O–H groups in total. The predicted octanol–water partition coefficient (Wildman–Crippen LogP) is 4.30. The summed E-state index contributed by atoms with van der Waals surface area (Å²) in [5.74, 6) is 4.43. The first-order chi connectivity index (χ1) is 13.0. The number of hydrogen-bond acceptors (Lipinski definition) is 3. The molecule has 1 aliphatic carbocycles. The van der Waals surface area contributed by atoms with Gasteiger partial charge in [-0.25, -0.2) is 9.18 Å². The monoisotopic (exact) mass is 384 g/mol. The third kappa shape index (κ3) is 4.58. The van der Waals surface area contributed by atoms with E-state index in [9.17, 15) is 14.0 Å². The van der Waals surface area contributed by atoms with Gasteiger partial charge in [0.1, 0.15) is 5.82 Å². The van der Waals surface area contributed by atoms with E-state index in [1.165, 1.54) is 12.1 Å². The molecule has 1 atom stereocenters. The Balaban J connectivity index is 2.41.